The number of cyclic esters (lactones) is 2. The molecule has 49 heteroatoms. The third kappa shape index (κ3) is 26.6. The number of carboxylic acid groups (broad SMARTS) is 1. The number of non-ortho nitro benzene ring substituents is 4. The van der Waals surface area contributed by atoms with Gasteiger partial charge >= 0.3 is 30.1 Å². The summed E-state index contributed by atoms with van der Waals surface area (Å²) in [7, 11) is -0.495. The lowest BCUT2D eigenvalue weighted by atomic mass is 10.1. The van der Waals surface area contributed by atoms with Crippen molar-refractivity contribution in [3.8, 4) is 0 Å². The number of esters is 2. The number of sulfonamides is 1. The number of nitrogen functional groups attached to an aromatic ring is 3. The van der Waals surface area contributed by atoms with Crippen molar-refractivity contribution in [2.24, 2.45) is 0 Å². The van der Waals surface area contributed by atoms with Crippen LogP contribution in [0.1, 0.15) is 106 Å². The molecule has 8 aromatic carbocycles. The summed E-state index contributed by atoms with van der Waals surface area (Å²) in [6, 6.07) is 33.2. The van der Waals surface area contributed by atoms with Crippen molar-refractivity contribution >= 4 is 218 Å². The van der Waals surface area contributed by atoms with Gasteiger partial charge in [0.05, 0.1) is 82.1 Å². The van der Waals surface area contributed by atoms with E-state index >= 15 is 0 Å². The minimum atomic E-state index is -4.21. The molecule has 0 fully saturated rings. The van der Waals surface area contributed by atoms with Crippen molar-refractivity contribution in [3.05, 3.63) is 279 Å². The Hall–Kier alpha value is -19.3. The molecule has 0 spiro atoms. The molecule has 0 bridgehead atoms. The van der Waals surface area contributed by atoms with E-state index in [1.54, 1.807) is 111 Å². The Labute approximate surface area is 816 Å². The standard InChI is InChI=1S/C28H24N4O6S.C21H21N3O6.C17H14N2O4.C11H17N3O2.C7H4N2O6.C6H5N3O4.C5H4O3/c1-16-11-25(33)31(27(16)35)19-13-18(14-20(15-19)32-26(34)12-17(2)28(32)36)29-39(37,38)24-10-6-7-21-22(24)8-5-9-23(21)30(3)4;1-11-6-16(25)23(18(11)27)14-8-13(22-20(29)30-21(3,4)5)9-15(10-14)24-17(26)7-12(2)19(24)28;1-9-4-12(18-14(20)6-10(2)16(18)22)8-13(5-9)19-15(21)7-11(3)17(19)23;1-11(2,3)16-10(15)14-9-5-7(12)4-8(13)6-9;10-7(11)4-1-5(8(12)13)3-6(2-4)9(14)15;7-4-1-5(8(10)11)3-6(2-4)9(12)13;1-3-2-4(6)8-5(3)7/h5-15,29H,1-4H3;6-10H,1-5H3,(H,22,29);4-8H,1-3H3;4-6H,12-13H2,1-3H3,(H,14,15);1-3H,(H,10,11);1-3H,7H2;2H,1H3. The topological polar surface area (TPSA) is 682 Å². The van der Waals surface area contributed by atoms with Gasteiger partial charge in [-0.2, -0.15) is 0 Å². The molecule has 144 heavy (non-hydrogen) atoms. The first-order valence-corrected chi connectivity index (χ1v) is 43.4. The van der Waals surface area contributed by atoms with E-state index in [-0.39, 0.29) is 78.4 Å². The Kier molecular flexibility index (Phi) is 32.8. The number of rotatable bonds is 17. The zero-order valence-corrected chi connectivity index (χ0v) is 80.0. The van der Waals surface area contributed by atoms with Crippen LogP contribution in [0.2, 0.25) is 0 Å². The number of ether oxygens (including phenoxy) is 3. The number of nitrogens with two attached hydrogens (primary N) is 3. The highest BCUT2D eigenvalue weighted by atomic mass is 32.2. The normalized spacial score (nSPS) is 14.8. The van der Waals surface area contributed by atoms with Crippen molar-refractivity contribution in [2.45, 2.75) is 113 Å². The van der Waals surface area contributed by atoms with E-state index in [2.05, 4.69) is 20.1 Å². The van der Waals surface area contributed by atoms with Crippen LogP contribution in [-0.4, -0.2) is 159 Å². The Morgan fingerprint density at radius 1 is 0.382 bits per heavy atom. The second-order valence-corrected chi connectivity index (χ2v) is 35.7. The van der Waals surface area contributed by atoms with E-state index in [4.69, 9.17) is 31.8 Å². The maximum absolute atomic E-state index is 13.7. The zero-order chi connectivity index (χ0) is 108. The molecule has 7 aliphatic heterocycles. The van der Waals surface area contributed by atoms with Crippen molar-refractivity contribution in [1.29, 1.82) is 0 Å². The van der Waals surface area contributed by atoms with Crippen LogP contribution >= 0.6 is 0 Å². The number of hydrogen-bond donors (Lipinski definition) is 7. The second kappa shape index (κ2) is 43.6. The van der Waals surface area contributed by atoms with Gasteiger partial charge in [-0.25, -0.2) is 61.8 Å². The number of hydrogen-bond acceptors (Lipinski definition) is 34. The van der Waals surface area contributed by atoms with E-state index in [0.717, 1.165) is 88.5 Å². The number of nitrogens with one attached hydrogen (secondary N) is 3. The first kappa shape index (κ1) is 108. The van der Waals surface area contributed by atoms with Crippen LogP contribution in [0, 0.1) is 47.4 Å². The highest BCUT2D eigenvalue weighted by Crippen LogP contribution is 2.40. The summed E-state index contributed by atoms with van der Waals surface area (Å²) in [5.41, 5.74) is 18.7. The number of aryl methyl sites for hydroxylation is 1. The highest BCUT2D eigenvalue weighted by Gasteiger charge is 2.40. The van der Waals surface area contributed by atoms with Gasteiger partial charge in [0.15, 0.2) is 0 Å². The molecule has 0 saturated carbocycles. The molecule has 0 unspecified atom stereocenters. The number of nitrogens with zero attached hydrogens (tertiary/aromatic N) is 11. The largest absolute Gasteiger partial charge is 0.478 e. The third-order valence-electron chi connectivity index (χ3n) is 19.9. The van der Waals surface area contributed by atoms with Crippen LogP contribution < -0.4 is 66.9 Å². The Morgan fingerprint density at radius 2 is 0.674 bits per heavy atom. The summed E-state index contributed by atoms with van der Waals surface area (Å²) in [5.74, 6) is -8.85. The van der Waals surface area contributed by atoms with Gasteiger partial charge in [-0.15, -0.1) is 0 Å². The van der Waals surface area contributed by atoms with Crippen LogP contribution in [0.5, 0.6) is 0 Å². The summed E-state index contributed by atoms with van der Waals surface area (Å²) in [4.78, 5) is 248. The minimum Gasteiger partial charge on any atom is -0.478 e. The second-order valence-electron chi connectivity index (χ2n) is 34.0. The van der Waals surface area contributed by atoms with Gasteiger partial charge in [0, 0.05) is 165 Å². The average molecular weight is 2000 g/mol. The number of benzene rings is 8. The number of imide groups is 6. The molecule has 8 aromatic rings. The Balaban J connectivity index is 0.000000197. The summed E-state index contributed by atoms with van der Waals surface area (Å²) in [6.07, 6.45) is 7.10. The molecule has 746 valence electrons. The fourth-order valence-corrected chi connectivity index (χ4v) is 15.0. The average Bonchev–Trinajstić information content (AvgIpc) is 1.23. The molecule has 0 aliphatic carbocycles. The predicted molar refractivity (Wildman–Crippen MR) is 521 cm³/mol. The molecular weight excluding hydrogens is 1910 g/mol. The fraction of sp³-hybridized carbons (Fsp3) is 0.189. The molecular formula is C95H89N17O31S. The van der Waals surface area contributed by atoms with Gasteiger partial charge in [-0.3, -0.25) is 113 Å². The molecule has 14 amide bonds. The van der Waals surface area contributed by atoms with Gasteiger partial charge in [0.25, 0.3) is 104 Å². The summed E-state index contributed by atoms with van der Waals surface area (Å²) < 4.78 is 44.3. The molecule has 0 atom stereocenters. The Morgan fingerprint density at radius 3 is 0.944 bits per heavy atom. The number of carbonyl (C=O) groups excluding carboxylic acids is 16. The van der Waals surface area contributed by atoms with E-state index in [1.165, 1.54) is 114 Å². The number of aromatic carboxylic acids is 1. The molecule has 48 nitrogen and oxygen atoms in total. The highest BCUT2D eigenvalue weighted by molar-refractivity contribution is 7.93. The van der Waals surface area contributed by atoms with Crippen molar-refractivity contribution in [3.63, 3.8) is 0 Å². The van der Waals surface area contributed by atoms with E-state index < -0.39 is 159 Å². The smallest absolute Gasteiger partial charge is 0.412 e. The van der Waals surface area contributed by atoms with Crippen LogP contribution in [0.15, 0.2) is 232 Å². The fourth-order valence-electron chi connectivity index (χ4n) is 13.7. The van der Waals surface area contributed by atoms with Gasteiger partial charge in [-0.05, 0) is 187 Å². The number of amides is 14. The SMILES string of the molecule is CC(C)(C)OC(=O)Nc1cc(N)cc(N)c1.CC1=CC(=O)N(c2cc(C)cc(N3C(=O)C=C(C)C3=O)c2)C1=O.CC1=CC(=O)N(c2cc(NC(=O)OC(C)(C)C)cc(N3C(=O)C=C(C)C3=O)c2)C1=O.CC1=CC(=O)N(c2cc(NS(=O)(=O)c3cccc4c(N(C)C)cccc34)cc(N3C(=O)C=C(C)C3=O)c2)C1=O.CC1=CC(=O)OC1=O.Nc1cc([N+](=O)[O-])cc([N+](=O)[O-])c1.O=C(O)c1cc([N+](=O)[O-])cc([N+](=O)[O-])c1. The number of fused-ring (bicyclic) bond motifs is 1. The molecule has 7 aliphatic rings. The maximum Gasteiger partial charge on any atom is 0.412 e. The number of nitro groups is 4. The van der Waals surface area contributed by atoms with Crippen LogP contribution in [-0.2, 0) is 91.4 Å². The van der Waals surface area contributed by atoms with Gasteiger partial charge < -0.3 is 41.4 Å². The summed E-state index contributed by atoms with van der Waals surface area (Å²) in [6.45, 7) is 22.9. The molecule has 10 N–H and O–H groups in total. The van der Waals surface area contributed by atoms with Crippen molar-refractivity contribution < 1.29 is 129 Å². The summed E-state index contributed by atoms with van der Waals surface area (Å²) >= 11 is 0. The van der Waals surface area contributed by atoms with Crippen molar-refractivity contribution in [1.82, 2.24) is 0 Å². The minimum absolute atomic E-state index is 0.000833. The van der Waals surface area contributed by atoms with E-state index in [1.807, 2.05) is 31.1 Å². The number of carboxylic acids is 1. The number of nitro benzene ring substituents is 4. The quantitative estimate of drug-likeness (QED) is 0.00846. The van der Waals surface area contributed by atoms with E-state index in [0.29, 0.717) is 56.6 Å². The van der Waals surface area contributed by atoms with Crippen LogP contribution in [0.4, 0.5) is 106 Å². The predicted octanol–water partition coefficient (Wildman–Crippen LogP) is 12.2. The van der Waals surface area contributed by atoms with Gasteiger partial charge in [0.2, 0.25) is 0 Å². The first-order valence-electron chi connectivity index (χ1n) is 41.9. The zero-order valence-electron chi connectivity index (χ0n) is 79.2. The number of carbonyl (C=O) groups is 17. The molecule has 15 rings (SSSR count). The first-order chi connectivity index (χ1) is 66.9. The molecule has 0 aromatic heterocycles. The maximum atomic E-state index is 13.7. The molecule has 0 radical (unpaired) electrons. The van der Waals surface area contributed by atoms with Crippen LogP contribution in [0.3, 0.4) is 0 Å². The monoisotopic (exact) mass is 2000 g/mol. The lowest BCUT2D eigenvalue weighted by Gasteiger charge is -2.22. The lowest BCUT2D eigenvalue weighted by molar-refractivity contribution is -0.394. The third-order valence-corrected chi connectivity index (χ3v) is 21.4. The molecule has 0 saturated heterocycles. The summed E-state index contributed by atoms with van der Waals surface area (Å²) in [5, 5.41) is 56.0. The molecule has 7 heterocycles. The Bertz CT molecular complexity index is 6980. The van der Waals surface area contributed by atoms with Gasteiger partial charge in [0.1, 0.15) is 11.2 Å². The van der Waals surface area contributed by atoms with Crippen molar-refractivity contribution in [2.75, 3.05) is 81.0 Å². The lowest BCUT2D eigenvalue weighted by Crippen LogP contribution is -2.33. The van der Waals surface area contributed by atoms with E-state index in [9.17, 15) is 130 Å². The van der Waals surface area contributed by atoms with Crippen LogP contribution in [0.25, 0.3) is 10.8 Å². The van der Waals surface area contributed by atoms with Gasteiger partial charge in [-0.1, -0.05) is 24.3 Å². The number of anilines is 13.